The molecular weight excluding hydrogens is 693 g/mol. The first kappa shape index (κ1) is 32.8. The van der Waals surface area contributed by atoms with E-state index >= 15 is 0 Å². The van der Waals surface area contributed by atoms with Gasteiger partial charge in [-0.25, -0.2) is 0 Å². The molecule has 3 heteroatoms. The summed E-state index contributed by atoms with van der Waals surface area (Å²) in [6.45, 7) is 0. The van der Waals surface area contributed by atoms with Gasteiger partial charge in [0.15, 0.2) is 0 Å². The Morgan fingerprint density at radius 2 is 0.825 bits per heavy atom. The van der Waals surface area contributed by atoms with Crippen LogP contribution >= 0.6 is 0 Å². The van der Waals surface area contributed by atoms with Crippen LogP contribution in [0.25, 0.3) is 82.8 Å². The van der Waals surface area contributed by atoms with Crippen LogP contribution in [0.2, 0.25) is 0 Å². The van der Waals surface area contributed by atoms with E-state index in [-0.39, 0.29) is 0 Å². The second-order valence-electron chi connectivity index (χ2n) is 14.5. The number of furan rings is 1. The molecule has 9 aromatic carbocycles. The van der Waals surface area contributed by atoms with Crippen molar-refractivity contribution in [1.29, 1.82) is 0 Å². The van der Waals surface area contributed by atoms with E-state index in [2.05, 4.69) is 216 Å². The SMILES string of the molecule is c1ccc(-c2ccc(N(c3ccc(-c4cccc(-c5ccccc5-n5c6ccccc6c6ccccc65)c4)cc3)c3ccc4c(c3)oc3ccccc34)cc2)cc1. The van der Waals surface area contributed by atoms with Crippen LogP contribution in [0, 0.1) is 0 Å². The van der Waals surface area contributed by atoms with Gasteiger partial charge in [0.25, 0.3) is 0 Å². The number of anilines is 3. The molecule has 0 bridgehead atoms. The summed E-state index contributed by atoms with van der Waals surface area (Å²) in [4.78, 5) is 2.31. The van der Waals surface area contributed by atoms with Gasteiger partial charge in [0, 0.05) is 50.2 Å². The van der Waals surface area contributed by atoms with Gasteiger partial charge in [0.1, 0.15) is 11.2 Å². The summed E-state index contributed by atoms with van der Waals surface area (Å²) in [5.74, 6) is 0. The van der Waals surface area contributed by atoms with Crippen molar-refractivity contribution in [1.82, 2.24) is 4.57 Å². The lowest BCUT2D eigenvalue weighted by Gasteiger charge is -2.26. The molecule has 57 heavy (non-hydrogen) atoms. The maximum atomic E-state index is 6.36. The van der Waals surface area contributed by atoms with Gasteiger partial charge >= 0.3 is 0 Å². The number of rotatable bonds is 7. The Morgan fingerprint density at radius 1 is 0.316 bits per heavy atom. The number of para-hydroxylation sites is 4. The highest BCUT2D eigenvalue weighted by atomic mass is 16.3. The number of aromatic nitrogens is 1. The first-order chi connectivity index (χ1) is 28.3. The minimum atomic E-state index is 0.870. The van der Waals surface area contributed by atoms with Gasteiger partial charge in [0.2, 0.25) is 0 Å². The Morgan fingerprint density at radius 3 is 1.54 bits per heavy atom. The molecule has 0 saturated heterocycles. The van der Waals surface area contributed by atoms with Crippen molar-refractivity contribution in [3.63, 3.8) is 0 Å². The summed E-state index contributed by atoms with van der Waals surface area (Å²) in [6.07, 6.45) is 0. The van der Waals surface area contributed by atoms with Crippen LogP contribution in [-0.2, 0) is 0 Å². The molecule has 0 saturated carbocycles. The van der Waals surface area contributed by atoms with Crippen LogP contribution in [-0.4, -0.2) is 4.57 Å². The summed E-state index contributed by atoms with van der Waals surface area (Å²) >= 11 is 0. The lowest BCUT2D eigenvalue weighted by Crippen LogP contribution is -2.09. The van der Waals surface area contributed by atoms with Gasteiger partial charge in [-0.15, -0.1) is 0 Å². The summed E-state index contributed by atoms with van der Waals surface area (Å²) in [5, 5.41) is 4.76. The Bertz CT molecular complexity index is 3170. The fraction of sp³-hybridized carbons (Fsp3) is 0. The lowest BCUT2D eigenvalue weighted by atomic mass is 9.97. The summed E-state index contributed by atoms with van der Waals surface area (Å²) in [6, 6.07) is 78.1. The zero-order chi connectivity index (χ0) is 37.7. The molecule has 2 heterocycles. The Balaban J connectivity index is 0.984. The van der Waals surface area contributed by atoms with Crippen LogP contribution < -0.4 is 4.90 Å². The molecule has 0 aliphatic heterocycles. The predicted octanol–water partition coefficient (Wildman–Crippen LogP) is 15.2. The quantitative estimate of drug-likeness (QED) is 0.163. The van der Waals surface area contributed by atoms with Crippen molar-refractivity contribution in [3.8, 4) is 39.1 Å². The van der Waals surface area contributed by atoms with E-state index in [0.29, 0.717) is 0 Å². The highest BCUT2D eigenvalue weighted by molar-refractivity contribution is 6.10. The minimum absolute atomic E-state index is 0.870. The van der Waals surface area contributed by atoms with Crippen LogP contribution in [0.15, 0.2) is 223 Å². The molecule has 268 valence electrons. The first-order valence-electron chi connectivity index (χ1n) is 19.4. The molecule has 0 spiro atoms. The van der Waals surface area contributed by atoms with Crippen LogP contribution in [0.5, 0.6) is 0 Å². The number of benzene rings is 9. The maximum Gasteiger partial charge on any atom is 0.137 e. The Labute approximate surface area is 330 Å². The Hall–Kier alpha value is -7.62. The molecule has 0 atom stereocenters. The van der Waals surface area contributed by atoms with E-state index in [4.69, 9.17) is 4.42 Å². The topological polar surface area (TPSA) is 21.3 Å². The molecule has 11 rings (SSSR count). The molecule has 0 fully saturated rings. The van der Waals surface area contributed by atoms with Crippen molar-refractivity contribution < 1.29 is 4.42 Å². The van der Waals surface area contributed by atoms with E-state index in [9.17, 15) is 0 Å². The van der Waals surface area contributed by atoms with Gasteiger partial charge in [-0.3, -0.25) is 0 Å². The standard InChI is InChI=1S/C54H36N2O/c1-2-13-37(14-3-1)38-25-29-42(30-26-38)55(44-33-34-49-48-20-7-11-24-53(48)57-54(49)36-44)43-31-27-39(28-32-43)40-15-12-16-41(35-40)45-17-4-8-21-50(45)56-51-22-9-5-18-46(51)47-19-6-10-23-52(47)56/h1-36H. The van der Waals surface area contributed by atoms with E-state index in [0.717, 1.165) is 50.3 Å². The third kappa shape index (κ3) is 5.68. The van der Waals surface area contributed by atoms with Crippen LogP contribution in [0.1, 0.15) is 0 Å². The van der Waals surface area contributed by atoms with Crippen LogP contribution in [0.3, 0.4) is 0 Å². The zero-order valence-corrected chi connectivity index (χ0v) is 31.1. The molecule has 3 nitrogen and oxygen atoms in total. The number of fused-ring (bicyclic) bond motifs is 6. The van der Waals surface area contributed by atoms with Gasteiger partial charge < -0.3 is 13.9 Å². The molecule has 2 aromatic heterocycles. The molecular formula is C54H36N2O. The average Bonchev–Trinajstić information content (AvgIpc) is 3.83. The number of nitrogens with zero attached hydrogens (tertiary/aromatic N) is 2. The molecule has 0 amide bonds. The fourth-order valence-electron chi connectivity index (χ4n) is 8.50. The average molecular weight is 729 g/mol. The molecule has 0 unspecified atom stereocenters. The third-order valence-corrected chi connectivity index (χ3v) is 11.2. The summed E-state index contributed by atoms with van der Waals surface area (Å²) < 4.78 is 8.77. The van der Waals surface area contributed by atoms with Gasteiger partial charge in [0.05, 0.1) is 16.7 Å². The summed E-state index contributed by atoms with van der Waals surface area (Å²) in [7, 11) is 0. The second-order valence-corrected chi connectivity index (χ2v) is 14.5. The first-order valence-corrected chi connectivity index (χ1v) is 19.4. The normalized spacial score (nSPS) is 11.5. The van der Waals surface area contributed by atoms with E-state index in [1.54, 1.807) is 0 Å². The van der Waals surface area contributed by atoms with Crippen molar-refractivity contribution in [2.24, 2.45) is 0 Å². The van der Waals surface area contributed by atoms with Gasteiger partial charge in [-0.05, 0) is 94.5 Å². The highest BCUT2D eigenvalue weighted by Gasteiger charge is 2.18. The molecule has 0 radical (unpaired) electrons. The second kappa shape index (κ2) is 13.6. The van der Waals surface area contributed by atoms with Gasteiger partial charge in [-0.2, -0.15) is 0 Å². The van der Waals surface area contributed by atoms with E-state index in [1.165, 1.54) is 49.6 Å². The van der Waals surface area contributed by atoms with Crippen molar-refractivity contribution in [2.45, 2.75) is 0 Å². The minimum Gasteiger partial charge on any atom is -0.456 e. The smallest absolute Gasteiger partial charge is 0.137 e. The fourth-order valence-corrected chi connectivity index (χ4v) is 8.50. The molecule has 0 aliphatic carbocycles. The molecule has 0 aliphatic rings. The van der Waals surface area contributed by atoms with Gasteiger partial charge in [-0.1, -0.05) is 146 Å². The maximum absolute atomic E-state index is 6.36. The van der Waals surface area contributed by atoms with Crippen molar-refractivity contribution in [2.75, 3.05) is 4.90 Å². The Kier molecular flexibility index (Phi) is 7.82. The predicted molar refractivity (Wildman–Crippen MR) is 239 cm³/mol. The third-order valence-electron chi connectivity index (χ3n) is 11.2. The zero-order valence-electron chi connectivity index (χ0n) is 31.1. The monoisotopic (exact) mass is 728 g/mol. The molecule has 11 aromatic rings. The molecule has 0 N–H and O–H groups in total. The van der Waals surface area contributed by atoms with Crippen molar-refractivity contribution in [3.05, 3.63) is 218 Å². The summed E-state index contributed by atoms with van der Waals surface area (Å²) in [5.41, 5.74) is 15.6. The number of hydrogen-bond donors (Lipinski definition) is 0. The number of hydrogen-bond acceptors (Lipinski definition) is 2. The van der Waals surface area contributed by atoms with Crippen molar-refractivity contribution >= 4 is 60.8 Å². The largest absolute Gasteiger partial charge is 0.456 e. The van der Waals surface area contributed by atoms with E-state index in [1.807, 2.05) is 12.1 Å². The van der Waals surface area contributed by atoms with E-state index < -0.39 is 0 Å². The lowest BCUT2D eigenvalue weighted by molar-refractivity contribution is 0.669. The van der Waals surface area contributed by atoms with Crippen LogP contribution in [0.4, 0.5) is 17.1 Å². The highest BCUT2D eigenvalue weighted by Crippen LogP contribution is 2.41.